The van der Waals surface area contributed by atoms with Gasteiger partial charge >= 0.3 is 0 Å². The maximum atomic E-state index is 4.26. The molecule has 118 valence electrons. The van der Waals surface area contributed by atoms with E-state index in [1.807, 2.05) is 19.3 Å². The van der Waals surface area contributed by atoms with Crippen LogP contribution in [-0.2, 0) is 13.1 Å². The van der Waals surface area contributed by atoms with Gasteiger partial charge in [-0.3, -0.25) is 4.99 Å². The zero-order chi connectivity index (χ0) is 15.8. The number of aliphatic imine (C=N–C) groups is 1. The molecule has 0 aliphatic rings. The first kappa shape index (κ1) is 16.1. The lowest BCUT2D eigenvalue weighted by Crippen LogP contribution is -2.37. The zero-order valence-electron chi connectivity index (χ0n) is 13.6. The Kier molecular flexibility index (Phi) is 6.01. The van der Waals surface area contributed by atoms with Gasteiger partial charge in [-0.25, -0.2) is 4.98 Å². The molecule has 22 heavy (non-hydrogen) atoms. The Morgan fingerprint density at radius 1 is 1.27 bits per heavy atom. The minimum atomic E-state index is 0.764. The van der Waals surface area contributed by atoms with Crippen LogP contribution in [0.15, 0.2) is 41.7 Å². The summed E-state index contributed by atoms with van der Waals surface area (Å²) >= 11 is 0. The van der Waals surface area contributed by atoms with Gasteiger partial charge in [0.1, 0.15) is 5.82 Å². The van der Waals surface area contributed by atoms with E-state index in [0.29, 0.717) is 0 Å². The standard InChI is InChI=1S/C17H25N5/c1-4-8-20-17(18-3)21-12-15-6-5-7-16(11-15)13-22-10-9-19-14(22)2/h5-7,9-11H,4,8,12-13H2,1-3H3,(H2,18,20,21). The van der Waals surface area contributed by atoms with Gasteiger partial charge in [0.2, 0.25) is 0 Å². The minimum Gasteiger partial charge on any atom is -0.356 e. The van der Waals surface area contributed by atoms with Gasteiger partial charge in [0, 0.05) is 39.1 Å². The van der Waals surface area contributed by atoms with Gasteiger partial charge in [0.25, 0.3) is 0 Å². The molecule has 1 aromatic heterocycles. The fraction of sp³-hybridized carbons (Fsp3) is 0.412. The molecule has 2 rings (SSSR count). The maximum absolute atomic E-state index is 4.26. The summed E-state index contributed by atoms with van der Waals surface area (Å²) in [5.74, 6) is 1.88. The second-order valence-corrected chi connectivity index (χ2v) is 5.27. The highest BCUT2D eigenvalue weighted by atomic mass is 15.2. The third-order valence-electron chi connectivity index (χ3n) is 3.49. The van der Waals surface area contributed by atoms with E-state index >= 15 is 0 Å². The molecular weight excluding hydrogens is 274 g/mol. The highest BCUT2D eigenvalue weighted by molar-refractivity contribution is 5.79. The second-order valence-electron chi connectivity index (χ2n) is 5.27. The number of aromatic nitrogens is 2. The van der Waals surface area contributed by atoms with E-state index in [-0.39, 0.29) is 0 Å². The van der Waals surface area contributed by atoms with Gasteiger partial charge in [-0.2, -0.15) is 0 Å². The predicted octanol–water partition coefficient (Wildman–Crippen LogP) is 2.31. The Morgan fingerprint density at radius 2 is 2.09 bits per heavy atom. The first-order valence-electron chi connectivity index (χ1n) is 7.73. The van der Waals surface area contributed by atoms with Crippen molar-refractivity contribution in [1.82, 2.24) is 20.2 Å². The molecule has 0 fully saturated rings. The average Bonchev–Trinajstić information content (AvgIpc) is 2.93. The summed E-state index contributed by atoms with van der Waals surface area (Å²) in [6, 6.07) is 8.60. The number of hydrogen-bond donors (Lipinski definition) is 2. The Labute approximate surface area is 132 Å². The largest absolute Gasteiger partial charge is 0.356 e. The molecular formula is C17H25N5. The SMILES string of the molecule is CCCNC(=NC)NCc1cccc(Cn2ccnc2C)c1. The molecule has 2 N–H and O–H groups in total. The Balaban J connectivity index is 1.95. The second kappa shape index (κ2) is 8.22. The van der Waals surface area contributed by atoms with E-state index in [1.54, 1.807) is 7.05 Å². The molecule has 1 heterocycles. The minimum absolute atomic E-state index is 0.764. The van der Waals surface area contributed by atoms with Crippen molar-refractivity contribution < 1.29 is 0 Å². The number of imidazole rings is 1. The van der Waals surface area contributed by atoms with Crippen molar-refractivity contribution in [3.8, 4) is 0 Å². The lowest BCUT2D eigenvalue weighted by Gasteiger charge is -2.12. The molecule has 0 spiro atoms. The monoisotopic (exact) mass is 299 g/mol. The molecule has 0 atom stereocenters. The van der Waals surface area contributed by atoms with E-state index in [9.17, 15) is 0 Å². The van der Waals surface area contributed by atoms with Crippen molar-refractivity contribution in [2.45, 2.75) is 33.4 Å². The van der Waals surface area contributed by atoms with Crippen LogP contribution in [0.3, 0.4) is 0 Å². The van der Waals surface area contributed by atoms with Gasteiger partial charge in [0.05, 0.1) is 0 Å². The van der Waals surface area contributed by atoms with E-state index in [1.165, 1.54) is 11.1 Å². The molecule has 5 heteroatoms. The lowest BCUT2D eigenvalue weighted by molar-refractivity contribution is 0.756. The third kappa shape index (κ3) is 4.62. The number of nitrogens with zero attached hydrogens (tertiary/aromatic N) is 3. The van der Waals surface area contributed by atoms with Crippen LogP contribution >= 0.6 is 0 Å². The normalized spacial score (nSPS) is 11.5. The molecule has 0 unspecified atom stereocenters. The van der Waals surface area contributed by atoms with Crippen LogP contribution in [-0.4, -0.2) is 29.1 Å². The fourth-order valence-electron chi connectivity index (χ4n) is 2.26. The highest BCUT2D eigenvalue weighted by Crippen LogP contribution is 2.08. The number of guanidine groups is 1. The van der Waals surface area contributed by atoms with Crippen molar-refractivity contribution in [1.29, 1.82) is 0 Å². The van der Waals surface area contributed by atoms with Crippen LogP contribution in [0.1, 0.15) is 30.3 Å². The summed E-state index contributed by atoms with van der Waals surface area (Å²) in [6.07, 6.45) is 4.93. The van der Waals surface area contributed by atoms with Crippen molar-refractivity contribution in [3.63, 3.8) is 0 Å². The summed E-state index contributed by atoms with van der Waals surface area (Å²) in [5, 5.41) is 6.61. The van der Waals surface area contributed by atoms with Crippen molar-refractivity contribution >= 4 is 5.96 Å². The van der Waals surface area contributed by atoms with Gasteiger partial charge in [0.15, 0.2) is 5.96 Å². The molecule has 0 aliphatic carbocycles. The smallest absolute Gasteiger partial charge is 0.191 e. The van der Waals surface area contributed by atoms with Crippen molar-refractivity contribution in [3.05, 3.63) is 53.6 Å². The molecule has 0 amide bonds. The summed E-state index contributed by atoms with van der Waals surface area (Å²) in [7, 11) is 1.79. The molecule has 2 aromatic rings. The quantitative estimate of drug-likeness (QED) is 0.636. The molecule has 0 saturated carbocycles. The van der Waals surface area contributed by atoms with Gasteiger partial charge < -0.3 is 15.2 Å². The summed E-state index contributed by atoms with van der Waals surface area (Å²) < 4.78 is 2.15. The van der Waals surface area contributed by atoms with Crippen LogP contribution < -0.4 is 10.6 Å². The van der Waals surface area contributed by atoms with Crippen molar-refractivity contribution in [2.24, 2.45) is 4.99 Å². The number of hydrogen-bond acceptors (Lipinski definition) is 2. The van der Waals surface area contributed by atoms with E-state index < -0.39 is 0 Å². The summed E-state index contributed by atoms with van der Waals surface area (Å²) in [6.45, 7) is 6.71. The maximum Gasteiger partial charge on any atom is 0.191 e. The van der Waals surface area contributed by atoms with E-state index in [4.69, 9.17) is 0 Å². The fourth-order valence-corrected chi connectivity index (χ4v) is 2.26. The molecule has 0 radical (unpaired) electrons. The van der Waals surface area contributed by atoms with Crippen LogP contribution in [0.5, 0.6) is 0 Å². The van der Waals surface area contributed by atoms with Gasteiger partial charge in [-0.05, 0) is 24.5 Å². The topological polar surface area (TPSA) is 54.2 Å². The summed E-state index contributed by atoms with van der Waals surface area (Å²) in [4.78, 5) is 8.48. The Hall–Kier alpha value is -2.30. The number of nitrogens with one attached hydrogen (secondary N) is 2. The first-order chi connectivity index (χ1) is 10.7. The average molecular weight is 299 g/mol. The molecule has 0 aliphatic heterocycles. The molecule has 0 saturated heterocycles. The van der Waals surface area contributed by atoms with Crippen molar-refractivity contribution in [2.75, 3.05) is 13.6 Å². The molecule has 1 aromatic carbocycles. The lowest BCUT2D eigenvalue weighted by atomic mass is 10.1. The zero-order valence-corrected chi connectivity index (χ0v) is 13.6. The van der Waals surface area contributed by atoms with Crippen LogP contribution in [0.25, 0.3) is 0 Å². The van der Waals surface area contributed by atoms with Crippen LogP contribution in [0.4, 0.5) is 0 Å². The van der Waals surface area contributed by atoms with E-state index in [0.717, 1.165) is 37.8 Å². The number of benzene rings is 1. The number of aryl methyl sites for hydroxylation is 1. The Bertz CT molecular complexity index is 615. The third-order valence-corrected chi connectivity index (χ3v) is 3.49. The predicted molar refractivity (Wildman–Crippen MR) is 91.0 cm³/mol. The summed E-state index contributed by atoms with van der Waals surface area (Å²) in [5.41, 5.74) is 2.52. The Morgan fingerprint density at radius 3 is 2.77 bits per heavy atom. The first-order valence-corrected chi connectivity index (χ1v) is 7.73. The number of rotatable bonds is 6. The van der Waals surface area contributed by atoms with Crippen LogP contribution in [0, 0.1) is 6.92 Å². The molecule has 5 nitrogen and oxygen atoms in total. The van der Waals surface area contributed by atoms with Gasteiger partial charge in [-0.15, -0.1) is 0 Å². The van der Waals surface area contributed by atoms with Gasteiger partial charge in [-0.1, -0.05) is 31.2 Å². The highest BCUT2D eigenvalue weighted by Gasteiger charge is 2.01. The van der Waals surface area contributed by atoms with Crippen LogP contribution in [0.2, 0.25) is 0 Å². The molecule has 0 bridgehead atoms. The van der Waals surface area contributed by atoms with E-state index in [2.05, 4.69) is 56.4 Å².